The molecule has 2 rings (SSSR count). The van der Waals surface area contributed by atoms with Gasteiger partial charge >= 0.3 is 5.97 Å². The van der Waals surface area contributed by atoms with Gasteiger partial charge in [-0.25, -0.2) is 4.39 Å². The molecule has 4 N–H and O–H groups in total. The minimum atomic E-state index is -1.24. The Morgan fingerprint density at radius 2 is 2.16 bits per heavy atom. The molecule has 0 radical (unpaired) electrons. The first-order valence-corrected chi connectivity index (χ1v) is 7.40. The molecule has 2 aromatic rings. The predicted molar refractivity (Wildman–Crippen MR) is 87.3 cm³/mol. The van der Waals surface area contributed by atoms with Crippen molar-refractivity contribution < 1.29 is 23.8 Å². The Morgan fingerprint density at radius 1 is 1.44 bits per heavy atom. The maximum atomic E-state index is 14.0. The van der Waals surface area contributed by atoms with Gasteiger partial charge in [0.15, 0.2) is 0 Å². The summed E-state index contributed by atoms with van der Waals surface area (Å²) in [6, 6.07) is 2.62. The maximum Gasteiger partial charge on any atom is 0.322 e. The number of benzene rings is 1. The Balaban J connectivity index is 2.30. The highest BCUT2D eigenvalue weighted by Crippen LogP contribution is 2.26. The number of carbonyl (C=O) groups is 2. The fourth-order valence-corrected chi connectivity index (χ4v) is 2.37. The highest BCUT2D eigenvalue weighted by molar-refractivity contribution is 5.95. The number of aryl methyl sites for hydroxylation is 1. The molecule has 0 saturated carbocycles. The number of nitrogens with zero attached hydrogens (tertiary/aromatic N) is 2. The lowest BCUT2D eigenvalue weighted by molar-refractivity contribution is -0.138. The molecule has 0 aliphatic rings. The molecule has 1 heterocycles. The summed E-state index contributed by atoms with van der Waals surface area (Å²) in [7, 11) is 3.23. The number of hydrogen-bond donors (Lipinski definition) is 3. The van der Waals surface area contributed by atoms with Gasteiger partial charge in [-0.1, -0.05) is 0 Å². The molecule has 0 saturated heterocycles. The van der Waals surface area contributed by atoms with E-state index in [0.717, 1.165) is 11.6 Å². The molecule has 25 heavy (non-hydrogen) atoms. The zero-order valence-corrected chi connectivity index (χ0v) is 13.8. The molecule has 1 aromatic carbocycles. The zero-order chi connectivity index (χ0) is 18.6. The van der Waals surface area contributed by atoms with Gasteiger partial charge in [0.2, 0.25) is 0 Å². The molecule has 0 fully saturated rings. The monoisotopic (exact) mass is 350 g/mol. The van der Waals surface area contributed by atoms with Crippen molar-refractivity contribution in [2.45, 2.75) is 12.6 Å². The Kier molecular flexibility index (Phi) is 5.84. The lowest BCUT2D eigenvalue weighted by atomic mass is 10.0. The molecule has 8 nitrogen and oxygen atoms in total. The smallest absolute Gasteiger partial charge is 0.322 e. The summed E-state index contributed by atoms with van der Waals surface area (Å²) in [4.78, 5) is 22.9. The third-order valence-electron chi connectivity index (χ3n) is 3.55. The number of carbonyl (C=O) groups excluding carboxylic acids is 1. The average Bonchev–Trinajstić information content (AvgIpc) is 2.92. The van der Waals surface area contributed by atoms with Crippen molar-refractivity contribution in [2.75, 3.05) is 13.7 Å². The zero-order valence-electron chi connectivity index (χ0n) is 13.8. The molecule has 9 heteroatoms. The van der Waals surface area contributed by atoms with Gasteiger partial charge in [-0.2, -0.15) is 5.10 Å². The van der Waals surface area contributed by atoms with Crippen LogP contribution in [0, 0.1) is 5.82 Å². The number of amides is 1. The molecule has 0 spiro atoms. The molecule has 134 valence electrons. The Labute approximate surface area is 143 Å². The van der Waals surface area contributed by atoms with E-state index in [1.165, 1.54) is 19.2 Å². The third kappa shape index (κ3) is 4.40. The molecule has 0 bridgehead atoms. The SMILES string of the molecule is COCc1cnn(C)c1-c1cc(F)cc(C(=O)NC[C@@H](N)C(=O)O)c1. The topological polar surface area (TPSA) is 119 Å². The summed E-state index contributed by atoms with van der Waals surface area (Å²) in [6.07, 6.45) is 1.61. The van der Waals surface area contributed by atoms with E-state index in [2.05, 4.69) is 10.4 Å². The number of aromatic nitrogens is 2. The van der Waals surface area contributed by atoms with Crippen LogP contribution in [0.15, 0.2) is 24.4 Å². The van der Waals surface area contributed by atoms with Crippen molar-refractivity contribution in [3.63, 3.8) is 0 Å². The van der Waals surface area contributed by atoms with Gasteiger partial charge in [-0.15, -0.1) is 0 Å². The van der Waals surface area contributed by atoms with Crippen LogP contribution in [0.2, 0.25) is 0 Å². The van der Waals surface area contributed by atoms with Gasteiger partial charge in [0.25, 0.3) is 5.91 Å². The fraction of sp³-hybridized carbons (Fsp3) is 0.312. The normalized spacial score (nSPS) is 12.0. The second-order valence-corrected chi connectivity index (χ2v) is 5.46. The van der Waals surface area contributed by atoms with Crippen molar-refractivity contribution in [1.29, 1.82) is 0 Å². The van der Waals surface area contributed by atoms with Crippen molar-refractivity contribution in [2.24, 2.45) is 12.8 Å². The van der Waals surface area contributed by atoms with E-state index in [1.54, 1.807) is 17.9 Å². The van der Waals surface area contributed by atoms with Gasteiger partial charge in [0.1, 0.15) is 11.9 Å². The molecule has 1 atom stereocenters. The summed E-state index contributed by atoms with van der Waals surface area (Å²) in [5, 5.41) is 15.2. The van der Waals surface area contributed by atoms with Crippen LogP contribution < -0.4 is 11.1 Å². The number of rotatable bonds is 7. The van der Waals surface area contributed by atoms with Crippen molar-refractivity contribution in [3.05, 3.63) is 41.3 Å². The van der Waals surface area contributed by atoms with E-state index in [-0.39, 0.29) is 18.7 Å². The Hall–Kier alpha value is -2.78. The summed E-state index contributed by atoms with van der Waals surface area (Å²) in [5.74, 6) is -2.46. The second kappa shape index (κ2) is 7.86. The summed E-state index contributed by atoms with van der Waals surface area (Å²) < 4.78 is 20.7. The predicted octanol–water partition coefficient (Wildman–Crippen LogP) is 0.514. The van der Waals surface area contributed by atoms with Crippen LogP contribution in [0.25, 0.3) is 11.3 Å². The molecule has 1 amide bonds. The van der Waals surface area contributed by atoms with Gasteiger partial charge in [-0.3, -0.25) is 14.3 Å². The summed E-state index contributed by atoms with van der Waals surface area (Å²) >= 11 is 0. The average molecular weight is 350 g/mol. The van der Waals surface area contributed by atoms with Crippen LogP contribution in [0.3, 0.4) is 0 Å². The van der Waals surface area contributed by atoms with E-state index in [0.29, 0.717) is 11.3 Å². The van der Waals surface area contributed by atoms with E-state index in [9.17, 15) is 14.0 Å². The van der Waals surface area contributed by atoms with Crippen LogP contribution in [0.5, 0.6) is 0 Å². The lowest BCUT2D eigenvalue weighted by Crippen LogP contribution is -2.42. The Morgan fingerprint density at radius 3 is 2.80 bits per heavy atom. The molecule has 0 aliphatic carbocycles. The number of ether oxygens (including phenoxy) is 1. The van der Waals surface area contributed by atoms with E-state index in [1.807, 2.05) is 0 Å². The standard InChI is InChI=1S/C16H19FN4O4/c1-21-14(11(6-20-21)8-25-2)9-3-10(5-12(17)4-9)15(22)19-7-13(18)16(23)24/h3-6,13H,7-8,18H2,1-2H3,(H,19,22)(H,23,24)/t13-/m1/s1. The highest BCUT2D eigenvalue weighted by Gasteiger charge is 2.17. The first-order chi connectivity index (χ1) is 11.8. The van der Waals surface area contributed by atoms with Gasteiger partial charge in [-0.05, 0) is 18.2 Å². The largest absolute Gasteiger partial charge is 0.480 e. The number of nitrogens with two attached hydrogens (primary N) is 1. The minimum Gasteiger partial charge on any atom is -0.480 e. The lowest BCUT2D eigenvalue weighted by Gasteiger charge is -2.11. The summed E-state index contributed by atoms with van der Waals surface area (Å²) in [5.41, 5.74) is 7.22. The molecular weight excluding hydrogens is 331 g/mol. The number of hydrogen-bond acceptors (Lipinski definition) is 5. The van der Waals surface area contributed by atoms with Gasteiger partial charge in [0.05, 0.1) is 18.5 Å². The summed E-state index contributed by atoms with van der Waals surface area (Å²) in [6.45, 7) is 0.0231. The van der Waals surface area contributed by atoms with Crippen molar-refractivity contribution in [1.82, 2.24) is 15.1 Å². The van der Waals surface area contributed by atoms with Crippen molar-refractivity contribution in [3.8, 4) is 11.3 Å². The molecular formula is C16H19FN4O4. The van der Waals surface area contributed by atoms with Crippen LogP contribution in [-0.2, 0) is 23.2 Å². The minimum absolute atomic E-state index is 0.0529. The number of nitrogens with one attached hydrogen (secondary N) is 1. The van der Waals surface area contributed by atoms with Crippen LogP contribution in [-0.4, -0.2) is 46.5 Å². The van der Waals surface area contributed by atoms with Crippen LogP contribution in [0.4, 0.5) is 4.39 Å². The number of methoxy groups -OCH3 is 1. The van der Waals surface area contributed by atoms with Crippen LogP contribution in [0.1, 0.15) is 15.9 Å². The Bertz CT molecular complexity index is 790. The highest BCUT2D eigenvalue weighted by atomic mass is 19.1. The second-order valence-electron chi connectivity index (χ2n) is 5.46. The number of aliphatic carboxylic acids is 1. The maximum absolute atomic E-state index is 14.0. The quantitative estimate of drug-likeness (QED) is 0.669. The molecule has 0 aliphatic heterocycles. The van der Waals surface area contributed by atoms with E-state index >= 15 is 0 Å². The van der Waals surface area contributed by atoms with E-state index < -0.39 is 23.7 Å². The van der Waals surface area contributed by atoms with Gasteiger partial charge in [0, 0.05) is 37.4 Å². The first kappa shape index (κ1) is 18.6. The van der Waals surface area contributed by atoms with Crippen LogP contribution >= 0.6 is 0 Å². The third-order valence-corrected chi connectivity index (χ3v) is 3.55. The fourth-order valence-electron chi connectivity index (χ4n) is 2.37. The van der Waals surface area contributed by atoms with Crippen molar-refractivity contribution >= 4 is 11.9 Å². The number of carboxylic acid groups (broad SMARTS) is 1. The molecule has 0 unspecified atom stereocenters. The van der Waals surface area contributed by atoms with E-state index in [4.69, 9.17) is 15.6 Å². The number of halogens is 1. The number of carboxylic acids is 1. The first-order valence-electron chi connectivity index (χ1n) is 7.40. The molecule has 1 aromatic heterocycles. The van der Waals surface area contributed by atoms with Gasteiger partial charge < -0.3 is 20.9 Å².